The molecule has 1 atom stereocenters. The van der Waals surface area contributed by atoms with E-state index < -0.39 is 0 Å². The Kier molecular flexibility index (Phi) is 5.25. The molecule has 2 heterocycles. The van der Waals surface area contributed by atoms with Gasteiger partial charge in [0.25, 0.3) is 0 Å². The van der Waals surface area contributed by atoms with Crippen LogP contribution in [-0.2, 0) is 0 Å². The van der Waals surface area contributed by atoms with E-state index in [1.807, 2.05) is 0 Å². The number of aromatic nitrogens is 2. The Morgan fingerprint density at radius 2 is 2.05 bits per heavy atom. The highest BCUT2D eigenvalue weighted by Gasteiger charge is 2.17. The highest BCUT2D eigenvalue weighted by atomic mass is 15.2. The summed E-state index contributed by atoms with van der Waals surface area (Å²) in [4.78, 5) is 7.19. The maximum absolute atomic E-state index is 4.60. The molecule has 1 aromatic rings. The minimum absolute atomic E-state index is 0.485. The lowest BCUT2D eigenvalue weighted by atomic mass is 10.1. The fraction of sp³-hybridized carbons (Fsp3) is 0.800. The molecular weight excluding hydrogens is 236 g/mol. The van der Waals surface area contributed by atoms with Crippen LogP contribution < -0.4 is 5.32 Å². The first kappa shape index (κ1) is 14.4. The number of nitrogens with zero attached hydrogens (tertiary/aromatic N) is 3. The lowest BCUT2D eigenvalue weighted by Gasteiger charge is -2.30. The Morgan fingerprint density at radius 1 is 1.32 bits per heavy atom. The van der Waals surface area contributed by atoms with Crippen molar-refractivity contribution in [2.24, 2.45) is 0 Å². The molecule has 4 heteroatoms. The summed E-state index contributed by atoms with van der Waals surface area (Å²) in [7, 11) is 0. The smallest absolute Gasteiger partial charge is 0.203 e. The van der Waals surface area contributed by atoms with Gasteiger partial charge in [-0.15, -0.1) is 0 Å². The highest BCUT2D eigenvalue weighted by Crippen LogP contribution is 2.19. The van der Waals surface area contributed by atoms with Crippen LogP contribution in [0.3, 0.4) is 0 Å². The fourth-order valence-electron chi connectivity index (χ4n) is 2.82. The predicted molar refractivity (Wildman–Crippen MR) is 80.7 cm³/mol. The molecule has 0 amide bonds. The first-order valence-electron chi connectivity index (χ1n) is 7.72. The highest BCUT2D eigenvalue weighted by molar-refractivity contribution is 5.29. The number of likely N-dealkylation sites (tertiary alicyclic amines) is 1. The monoisotopic (exact) mass is 264 g/mol. The van der Waals surface area contributed by atoms with Crippen molar-refractivity contribution in [1.82, 2.24) is 14.5 Å². The van der Waals surface area contributed by atoms with Gasteiger partial charge in [-0.25, -0.2) is 4.98 Å². The minimum atomic E-state index is 0.485. The van der Waals surface area contributed by atoms with Gasteiger partial charge in [-0.2, -0.15) is 0 Å². The van der Waals surface area contributed by atoms with Gasteiger partial charge in [0.2, 0.25) is 5.95 Å². The topological polar surface area (TPSA) is 33.1 Å². The summed E-state index contributed by atoms with van der Waals surface area (Å²) in [6.45, 7) is 11.2. The number of rotatable bonds is 6. The minimum Gasteiger partial charge on any atom is -0.356 e. The second-order valence-electron chi connectivity index (χ2n) is 5.75. The van der Waals surface area contributed by atoms with Gasteiger partial charge in [-0.3, -0.25) is 0 Å². The number of hydrogen-bond donors (Lipinski definition) is 1. The van der Waals surface area contributed by atoms with Crippen molar-refractivity contribution in [2.45, 2.75) is 52.5 Å². The SMILES string of the molecule is CCCNc1nc(C)cn1C(C)CN1CCCCC1. The van der Waals surface area contributed by atoms with Gasteiger partial charge in [0.05, 0.1) is 5.69 Å². The zero-order chi connectivity index (χ0) is 13.7. The van der Waals surface area contributed by atoms with E-state index in [0.29, 0.717) is 6.04 Å². The second-order valence-corrected chi connectivity index (χ2v) is 5.75. The summed E-state index contributed by atoms with van der Waals surface area (Å²) >= 11 is 0. The molecule has 1 aliphatic heterocycles. The van der Waals surface area contributed by atoms with E-state index >= 15 is 0 Å². The van der Waals surface area contributed by atoms with Crippen LogP contribution in [0.5, 0.6) is 0 Å². The summed E-state index contributed by atoms with van der Waals surface area (Å²) < 4.78 is 2.31. The molecule has 1 unspecified atom stereocenters. The standard InChI is InChI=1S/C15H28N4/c1-4-8-16-15-17-13(2)11-19(15)14(3)12-18-9-6-5-7-10-18/h11,14H,4-10,12H2,1-3H3,(H,16,17). The van der Waals surface area contributed by atoms with E-state index in [0.717, 1.165) is 31.2 Å². The van der Waals surface area contributed by atoms with E-state index in [9.17, 15) is 0 Å². The Balaban J connectivity index is 1.98. The Bertz CT molecular complexity index is 379. The van der Waals surface area contributed by atoms with Crippen LogP contribution in [0.4, 0.5) is 5.95 Å². The quantitative estimate of drug-likeness (QED) is 0.857. The number of imidazole rings is 1. The van der Waals surface area contributed by atoms with Crippen LogP contribution in [0.15, 0.2) is 6.20 Å². The molecule has 108 valence electrons. The first-order chi connectivity index (χ1) is 9.20. The normalized spacial score (nSPS) is 18.5. The van der Waals surface area contributed by atoms with Crippen molar-refractivity contribution in [3.63, 3.8) is 0 Å². The average molecular weight is 264 g/mol. The van der Waals surface area contributed by atoms with Crippen LogP contribution in [0, 0.1) is 6.92 Å². The van der Waals surface area contributed by atoms with Gasteiger partial charge in [0.15, 0.2) is 0 Å². The third-order valence-electron chi connectivity index (χ3n) is 3.83. The molecule has 1 aromatic heterocycles. The molecule has 1 saturated heterocycles. The van der Waals surface area contributed by atoms with E-state index in [1.165, 1.54) is 32.4 Å². The molecule has 0 saturated carbocycles. The molecule has 0 spiro atoms. The molecular formula is C15H28N4. The molecule has 0 bridgehead atoms. The molecule has 1 fully saturated rings. The summed E-state index contributed by atoms with van der Waals surface area (Å²) in [5.74, 6) is 1.03. The van der Waals surface area contributed by atoms with Gasteiger partial charge < -0.3 is 14.8 Å². The molecule has 1 N–H and O–H groups in total. The molecule has 0 aliphatic carbocycles. The van der Waals surface area contributed by atoms with Gasteiger partial charge in [0, 0.05) is 25.3 Å². The van der Waals surface area contributed by atoms with E-state index in [4.69, 9.17) is 0 Å². The molecule has 0 aromatic carbocycles. The lowest BCUT2D eigenvalue weighted by Crippen LogP contribution is -2.34. The van der Waals surface area contributed by atoms with Gasteiger partial charge in [0.1, 0.15) is 0 Å². The van der Waals surface area contributed by atoms with Crippen molar-refractivity contribution in [3.05, 3.63) is 11.9 Å². The summed E-state index contributed by atoms with van der Waals surface area (Å²) in [5, 5.41) is 3.44. The van der Waals surface area contributed by atoms with Crippen molar-refractivity contribution in [3.8, 4) is 0 Å². The summed E-state index contributed by atoms with van der Waals surface area (Å²) in [6, 6.07) is 0.485. The fourth-order valence-corrected chi connectivity index (χ4v) is 2.82. The zero-order valence-corrected chi connectivity index (χ0v) is 12.7. The number of nitrogens with one attached hydrogen (secondary N) is 1. The Morgan fingerprint density at radius 3 is 2.74 bits per heavy atom. The zero-order valence-electron chi connectivity index (χ0n) is 12.7. The van der Waals surface area contributed by atoms with Crippen molar-refractivity contribution < 1.29 is 0 Å². The summed E-state index contributed by atoms with van der Waals surface area (Å²) in [6.07, 6.45) is 7.42. The van der Waals surface area contributed by atoms with Gasteiger partial charge in [-0.1, -0.05) is 13.3 Å². The molecule has 2 rings (SSSR count). The predicted octanol–water partition coefficient (Wildman–Crippen LogP) is 3.06. The Hall–Kier alpha value is -1.03. The van der Waals surface area contributed by atoms with Gasteiger partial charge in [-0.05, 0) is 46.2 Å². The van der Waals surface area contributed by atoms with Crippen LogP contribution in [0.25, 0.3) is 0 Å². The van der Waals surface area contributed by atoms with E-state index in [-0.39, 0.29) is 0 Å². The maximum atomic E-state index is 4.60. The average Bonchev–Trinajstić information content (AvgIpc) is 2.79. The maximum Gasteiger partial charge on any atom is 0.203 e. The third-order valence-corrected chi connectivity index (χ3v) is 3.83. The van der Waals surface area contributed by atoms with Crippen molar-refractivity contribution in [2.75, 3.05) is 31.5 Å². The second kappa shape index (κ2) is 6.94. The lowest BCUT2D eigenvalue weighted by molar-refractivity contribution is 0.202. The van der Waals surface area contributed by atoms with Crippen LogP contribution in [-0.4, -0.2) is 40.6 Å². The van der Waals surface area contributed by atoms with Crippen LogP contribution >= 0.6 is 0 Å². The van der Waals surface area contributed by atoms with Crippen molar-refractivity contribution >= 4 is 5.95 Å². The largest absolute Gasteiger partial charge is 0.356 e. The molecule has 0 radical (unpaired) electrons. The van der Waals surface area contributed by atoms with E-state index in [1.54, 1.807) is 0 Å². The number of anilines is 1. The number of piperidine rings is 1. The van der Waals surface area contributed by atoms with Crippen molar-refractivity contribution in [1.29, 1.82) is 0 Å². The molecule has 1 aliphatic rings. The summed E-state index contributed by atoms with van der Waals surface area (Å²) in [5.41, 5.74) is 1.10. The number of aryl methyl sites for hydroxylation is 1. The van der Waals surface area contributed by atoms with Crippen LogP contribution in [0.1, 0.15) is 51.3 Å². The Labute approximate surface area is 117 Å². The number of hydrogen-bond acceptors (Lipinski definition) is 3. The first-order valence-corrected chi connectivity index (χ1v) is 7.72. The molecule has 19 heavy (non-hydrogen) atoms. The molecule has 4 nitrogen and oxygen atoms in total. The van der Waals surface area contributed by atoms with E-state index in [2.05, 4.69) is 46.7 Å². The van der Waals surface area contributed by atoms with Crippen LogP contribution in [0.2, 0.25) is 0 Å². The van der Waals surface area contributed by atoms with Gasteiger partial charge >= 0.3 is 0 Å². The third kappa shape index (κ3) is 3.96.